The summed E-state index contributed by atoms with van der Waals surface area (Å²) in [6.45, 7) is 12.8. The molecule has 4 heteroatoms. The number of ketones is 1. The van der Waals surface area contributed by atoms with Crippen LogP contribution in [0.4, 0.5) is 0 Å². The van der Waals surface area contributed by atoms with Crippen LogP contribution in [-0.4, -0.2) is 38.9 Å². The van der Waals surface area contributed by atoms with Gasteiger partial charge in [0.05, 0.1) is 5.54 Å². The monoisotopic (exact) mass is 251 g/mol. The van der Waals surface area contributed by atoms with Crippen LogP contribution >= 0.6 is 0 Å². The molecule has 0 aliphatic carbocycles. The lowest BCUT2D eigenvalue weighted by Crippen LogP contribution is -2.52. The fourth-order valence-electron chi connectivity index (χ4n) is 2.46. The quantitative estimate of drug-likeness (QED) is 0.699. The molecule has 0 aliphatic heterocycles. The van der Waals surface area contributed by atoms with Gasteiger partial charge in [-0.3, -0.25) is 9.69 Å². The number of hydrogen-bond acceptors (Lipinski definition) is 3. The van der Waals surface area contributed by atoms with E-state index in [9.17, 15) is 4.79 Å². The average Bonchev–Trinajstić information content (AvgIpc) is 2.86. The van der Waals surface area contributed by atoms with Crippen molar-refractivity contribution in [1.82, 2.24) is 14.5 Å². The van der Waals surface area contributed by atoms with Crippen molar-refractivity contribution in [3.63, 3.8) is 0 Å². The lowest BCUT2D eigenvalue weighted by atomic mass is 9.90. The third-order valence-electron chi connectivity index (χ3n) is 3.90. The maximum absolute atomic E-state index is 12.8. The molecule has 1 heterocycles. The van der Waals surface area contributed by atoms with Crippen molar-refractivity contribution in [2.24, 2.45) is 0 Å². The van der Waals surface area contributed by atoms with Gasteiger partial charge in [-0.25, -0.2) is 4.98 Å². The molecule has 0 amide bonds. The summed E-state index contributed by atoms with van der Waals surface area (Å²) in [6, 6.07) is 0. The second-order valence-corrected chi connectivity index (χ2v) is 4.67. The molecule has 0 spiro atoms. The summed E-state index contributed by atoms with van der Waals surface area (Å²) in [6.07, 6.45) is 4.37. The third-order valence-corrected chi connectivity index (χ3v) is 3.90. The molecule has 0 radical (unpaired) electrons. The lowest BCUT2D eigenvalue weighted by molar-refractivity contribution is 0.0592. The first kappa shape index (κ1) is 14.9. The Bertz CT molecular complexity index is 395. The van der Waals surface area contributed by atoms with E-state index in [1.165, 1.54) is 0 Å². The highest BCUT2D eigenvalue weighted by Crippen LogP contribution is 2.23. The third kappa shape index (κ3) is 2.48. The van der Waals surface area contributed by atoms with E-state index in [0.29, 0.717) is 5.82 Å². The lowest BCUT2D eigenvalue weighted by Gasteiger charge is -2.38. The van der Waals surface area contributed by atoms with Gasteiger partial charge in [0.25, 0.3) is 0 Å². The van der Waals surface area contributed by atoms with Gasteiger partial charge in [0, 0.05) is 18.9 Å². The Hall–Kier alpha value is -1.16. The van der Waals surface area contributed by atoms with Crippen LogP contribution in [0.1, 0.15) is 51.7 Å². The fourth-order valence-corrected chi connectivity index (χ4v) is 2.46. The van der Waals surface area contributed by atoms with E-state index in [-0.39, 0.29) is 5.78 Å². The number of imidazole rings is 1. The number of carbonyl (C=O) groups is 1. The standard InChI is InChI=1S/C14H25N3O/c1-6-14(5,17(8-3)9-4)12(18)13-15-10-11-16(13)7-2/h10-11H,6-9H2,1-5H3. The Kier molecular flexibility index (Phi) is 5.08. The molecule has 0 aliphatic rings. The van der Waals surface area contributed by atoms with Crippen LogP contribution in [-0.2, 0) is 6.54 Å². The summed E-state index contributed by atoms with van der Waals surface area (Å²) in [5.74, 6) is 0.703. The summed E-state index contributed by atoms with van der Waals surface area (Å²) >= 11 is 0. The molecule has 18 heavy (non-hydrogen) atoms. The molecular formula is C14H25N3O. The number of nitrogens with zero attached hydrogens (tertiary/aromatic N) is 3. The number of aryl methyl sites for hydroxylation is 1. The zero-order valence-corrected chi connectivity index (χ0v) is 12.2. The molecule has 0 saturated carbocycles. The van der Waals surface area contributed by atoms with Gasteiger partial charge in [0.2, 0.25) is 5.78 Å². The van der Waals surface area contributed by atoms with Crippen molar-refractivity contribution in [2.45, 2.75) is 53.1 Å². The fraction of sp³-hybridized carbons (Fsp3) is 0.714. The molecule has 4 nitrogen and oxygen atoms in total. The zero-order chi connectivity index (χ0) is 13.8. The molecule has 0 aromatic carbocycles. The van der Waals surface area contributed by atoms with Gasteiger partial charge in [0.15, 0.2) is 5.82 Å². The molecule has 0 fully saturated rings. The van der Waals surface area contributed by atoms with Crippen molar-refractivity contribution < 1.29 is 4.79 Å². The van der Waals surface area contributed by atoms with Crippen molar-refractivity contribution in [1.29, 1.82) is 0 Å². The van der Waals surface area contributed by atoms with Crippen LogP contribution < -0.4 is 0 Å². The van der Waals surface area contributed by atoms with E-state index in [2.05, 4.69) is 30.7 Å². The van der Waals surface area contributed by atoms with Gasteiger partial charge in [0.1, 0.15) is 0 Å². The molecular weight excluding hydrogens is 226 g/mol. The van der Waals surface area contributed by atoms with Gasteiger partial charge >= 0.3 is 0 Å². The van der Waals surface area contributed by atoms with Crippen LogP contribution in [0.2, 0.25) is 0 Å². The van der Waals surface area contributed by atoms with Gasteiger partial charge in [-0.05, 0) is 33.4 Å². The highest BCUT2D eigenvalue weighted by Gasteiger charge is 2.38. The van der Waals surface area contributed by atoms with E-state index in [1.54, 1.807) is 6.20 Å². The highest BCUT2D eigenvalue weighted by molar-refractivity contribution is 6.00. The Balaban J connectivity index is 3.12. The van der Waals surface area contributed by atoms with E-state index in [4.69, 9.17) is 0 Å². The Morgan fingerprint density at radius 1 is 1.33 bits per heavy atom. The second-order valence-electron chi connectivity index (χ2n) is 4.67. The molecule has 1 aromatic heterocycles. The van der Waals surface area contributed by atoms with Crippen LogP contribution in [0.3, 0.4) is 0 Å². The maximum atomic E-state index is 12.8. The Morgan fingerprint density at radius 3 is 2.39 bits per heavy atom. The predicted molar refractivity (Wildman–Crippen MR) is 73.8 cm³/mol. The van der Waals surface area contributed by atoms with Crippen LogP contribution in [0.15, 0.2) is 12.4 Å². The number of likely N-dealkylation sites (N-methyl/N-ethyl adjacent to an activating group) is 1. The number of hydrogen-bond donors (Lipinski definition) is 0. The van der Waals surface area contributed by atoms with E-state index in [1.807, 2.05) is 24.6 Å². The number of Topliss-reactive ketones (excluding diaryl/α,β-unsaturated/α-hetero) is 1. The minimum Gasteiger partial charge on any atom is -0.329 e. The highest BCUT2D eigenvalue weighted by atomic mass is 16.1. The second kappa shape index (κ2) is 6.14. The smallest absolute Gasteiger partial charge is 0.218 e. The van der Waals surface area contributed by atoms with Crippen molar-refractivity contribution in [3.05, 3.63) is 18.2 Å². The zero-order valence-electron chi connectivity index (χ0n) is 12.2. The van der Waals surface area contributed by atoms with Gasteiger partial charge in [-0.1, -0.05) is 20.8 Å². The minimum atomic E-state index is -0.457. The number of aromatic nitrogens is 2. The summed E-state index contributed by atoms with van der Waals surface area (Å²) in [5.41, 5.74) is -0.457. The summed E-state index contributed by atoms with van der Waals surface area (Å²) in [4.78, 5) is 19.2. The first-order valence-electron chi connectivity index (χ1n) is 6.86. The van der Waals surface area contributed by atoms with Gasteiger partial charge in [-0.15, -0.1) is 0 Å². The largest absolute Gasteiger partial charge is 0.329 e. The van der Waals surface area contributed by atoms with E-state index >= 15 is 0 Å². The molecule has 1 rings (SSSR count). The molecule has 1 atom stereocenters. The SMILES string of the molecule is CCN(CC)C(C)(CC)C(=O)c1nccn1CC. The Labute approximate surface area is 110 Å². The van der Waals surface area contributed by atoms with Crippen LogP contribution in [0, 0.1) is 0 Å². The molecule has 1 aromatic rings. The topological polar surface area (TPSA) is 38.1 Å². The Morgan fingerprint density at radius 2 is 1.94 bits per heavy atom. The van der Waals surface area contributed by atoms with E-state index < -0.39 is 5.54 Å². The molecule has 0 saturated heterocycles. The van der Waals surface area contributed by atoms with Crippen molar-refractivity contribution >= 4 is 5.78 Å². The van der Waals surface area contributed by atoms with Crippen LogP contribution in [0.25, 0.3) is 0 Å². The normalized spacial score (nSPS) is 14.8. The van der Waals surface area contributed by atoms with Crippen molar-refractivity contribution in [2.75, 3.05) is 13.1 Å². The maximum Gasteiger partial charge on any atom is 0.218 e. The van der Waals surface area contributed by atoms with Gasteiger partial charge in [-0.2, -0.15) is 0 Å². The number of carbonyl (C=O) groups excluding carboxylic acids is 1. The molecule has 102 valence electrons. The van der Waals surface area contributed by atoms with Crippen molar-refractivity contribution in [3.8, 4) is 0 Å². The van der Waals surface area contributed by atoms with Gasteiger partial charge < -0.3 is 4.57 Å². The predicted octanol–water partition coefficient (Wildman–Crippen LogP) is 2.60. The molecule has 0 N–H and O–H groups in total. The van der Waals surface area contributed by atoms with E-state index in [0.717, 1.165) is 26.1 Å². The average molecular weight is 251 g/mol. The minimum absolute atomic E-state index is 0.126. The first-order chi connectivity index (χ1) is 8.54. The molecule has 1 unspecified atom stereocenters. The summed E-state index contributed by atoms with van der Waals surface area (Å²) in [7, 11) is 0. The summed E-state index contributed by atoms with van der Waals surface area (Å²) < 4.78 is 1.92. The summed E-state index contributed by atoms with van der Waals surface area (Å²) in [5, 5.41) is 0. The number of rotatable bonds is 7. The van der Waals surface area contributed by atoms with Crippen LogP contribution in [0.5, 0.6) is 0 Å². The molecule has 0 bridgehead atoms. The first-order valence-corrected chi connectivity index (χ1v) is 6.86.